The van der Waals surface area contributed by atoms with E-state index in [4.69, 9.17) is 27.9 Å². The van der Waals surface area contributed by atoms with E-state index in [-0.39, 0.29) is 21.8 Å². The molecule has 3 atom stereocenters. The number of amides is 2. The second-order valence-electron chi connectivity index (χ2n) is 7.82. The quantitative estimate of drug-likeness (QED) is 0.192. The number of ether oxygens (including phenoxy) is 1. The number of carbonyl (C=O) groups excluding carboxylic acids is 2. The van der Waals surface area contributed by atoms with Gasteiger partial charge in [-0.1, -0.05) is 24.8 Å². The Balaban J connectivity index is 2.04. The first-order valence-corrected chi connectivity index (χ1v) is 10.6. The molecule has 0 spiro atoms. The molecule has 0 radical (unpaired) electrons. The third kappa shape index (κ3) is 3.05. The van der Waals surface area contributed by atoms with Crippen molar-refractivity contribution in [2.24, 2.45) is 0 Å². The Kier molecular flexibility index (Phi) is 5.88. The summed E-state index contributed by atoms with van der Waals surface area (Å²) in [6.45, 7) is 3.63. The molecule has 2 aliphatic rings. The molecular weight excluding hydrogens is 520 g/mol. The van der Waals surface area contributed by atoms with Crippen LogP contribution >= 0.6 is 23.2 Å². The van der Waals surface area contributed by atoms with E-state index in [0.717, 1.165) is 0 Å². The molecule has 5 nitrogen and oxygen atoms in total. The van der Waals surface area contributed by atoms with Gasteiger partial charge in [0.05, 0.1) is 7.11 Å². The third-order valence-corrected chi connectivity index (χ3v) is 7.59. The Labute approximate surface area is 205 Å². The zero-order valence-corrected chi connectivity index (χ0v) is 19.2. The van der Waals surface area contributed by atoms with Gasteiger partial charge in [-0.25, -0.2) is 26.9 Å². The third-order valence-electron chi connectivity index (χ3n) is 6.18. The number of imide groups is 1. The summed E-state index contributed by atoms with van der Waals surface area (Å²) in [7, 11) is 1.25. The van der Waals surface area contributed by atoms with E-state index in [2.05, 4.69) is 6.58 Å². The van der Waals surface area contributed by atoms with Crippen LogP contribution in [0.15, 0.2) is 42.5 Å². The molecule has 4 rings (SSSR count). The van der Waals surface area contributed by atoms with Crippen molar-refractivity contribution < 1.29 is 41.4 Å². The Hall–Kier alpha value is -3.11. The molecule has 2 aromatic carbocycles. The maximum atomic E-state index is 14.6. The summed E-state index contributed by atoms with van der Waals surface area (Å²) in [5.74, 6) is -17.0. The lowest BCUT2D eigenvalue weighted by Crippen LogP contribution is -2.55. The highest BCUT2D eigenvalue weighted by Gasteiger charge is 2.74. The highest BCUT2D eigenvalue weighted by molar-refractivity contribution is 6.58. The van der Waals surface area contributed by atoms with Crippen LogP contribution in [0.5, 0.6) is 11.5 Å². The van der Waals surface area contributed by atoms with Crippen molar-refractivity contribution in [2.45, 2.75) is 22.1 Å². The lowest BCUT2D eigenvalue weighted by atomic mass is 9.68. The fraction of sp³-hybridized carbons (Fsp3) is 0.217. The molecule has 1 aliphatic carbocycles. The number of anilines is 1. The molecule has 0 aromatic heterocycles. The number of carbonyl (C=O) groups is 2. The first kappa shape index (κ1) is 25.0. The van der Waals surface area contributed by atoms with E-state index in [9.17, 15) is 36.6 Å². The number of phenolic OH excluding ortho intramolecular Hbond substituents is 1. The number of halogens is 7. The molecule has 2 amide bonds. The monoisotopic (exact) mass is 533 g/mol. The normalized spacial score (nSPS) is 26.0. The van der Waals surface area contributed by atoms with Gasteiger partial charge in [0, 0.05) is 11.5 Å². The summed E-state index contributed by atoms with van der Waals surface area (Å²) >= 11 is 13.4. The first-order valence-electron chi connectivity index (χ1n) is 9.85. The van der Waals surface area contributed by atoms with Crippen molar-refractivity contribution in [1.29, 1.82) is 0 Å². The van der Waals surface area contributed by atoms with Gasteiger partial charge in [-0.2, -0.15) is 0 Å². The van der Waals surface area contributed by atoms with E-state index < -0.39 is 74.4 Å². The number of hydrogen-bond donors (Lipinski definition) is 1. The van der Waals surface area contributed by atoms with Crippen LogP contribution in [-0.2, 0) is 9.59 Å². The number of fused-ring (bicyclic) bond motifs is 1. The summed E-state index contributed by atoms with van der Waals surface area (Å²) in [6, 6.07) is 4.05. The molecule has 1 aliphatic heterocycles. The maximum Gasteiger partial charge on any atom is 0.258 e. The number of alkyl halides is 2. The molecule has 2 aromatic rings. The SMILES string of the molecule is C=CC1=CC[C@@]2(Cl)C(=O)N(c3c(F)c(F)c(F)c(F)c3F)C(=O)[C@@]2(Cl)[C@H]1c1c(O)cccc1OC. The van der Waals surface area contributed by atoms with Crippen molar-refractivity contribution in [3.8, 4) is 11.5 Å². The Morgan fingerprint density at radius 1 is 1.06 bits per heavy atom. The van der Waals surface area contributed by atoms with E-state index in [1.807, 2.05) is 0 Å². The molecule has 0 unspecified atom stereocenters. The molecular formula is C23H14Cl2F5NO4. The number of allylic oxidation sites excluding steroid dienone is 3. The van der Waals surface area contributed by atoms with Gasteiger partial charge in [0.25, 0.3) is 11.8 Å². The van der Waals surface area contributed by atoms with Crippen LogP contribution < -0.4 is 9.64 Å². The van der Waals surface area contributed by atoms with Gasteiger partial charge in [0.1, 0.15) is 17.2 Å². The number of nitrogens with zero attached hydrogens (tertiary/aromatic N) is 1. The molecule has 12 heteroatoms. The highest BCUT2D eigenvalue weighted by Crippen LogP contribution is 2.62. The smallest absolute Gasteiger partial charge is 0.258 e. The Morgan fingerprint density at radius 3 is 2.17 bits per heavy atom. The van der Waals surface area contributed by atoms with Crippen LogP contribution in [0, 0.1) is 29.1 Å². The predicted octanol–water partition coefficient (Wildman–Crippen LogP) is 5.22. The number of phenols is 1. The van der Waals surface area contributed by atoms with Gasteiger partial charge < -0.3 is 9.84 Å². The zero-order chi connectivity index (χ0) is 26.0. The minimum Gasteiger partial charge on any atom is -0.508 e. The number of hydrogen-bond acceptors (Lipinski definition) is 4. The highest BCUT2D eigenvalue weighted by atomic mass is 35.5. The summed E-state index contributed by atoms with van der Waals surface area (Å²) in [6.07, 6.45) is 2.16. The van der Waals surface area contributed by atoms with Crippen molar-refractivity contribution in [1.82, 2.24) is 0 Å². The number of methoxy groups -OCH3 is 1. The lowest BCUT2D eigenvalue weighted by Gasteiger charge is -2.42. The molecule has 1 saturated heterocycles. The van der Waals surface area contributed by atoms with Crippen molar-refractivity contribution in [2.75, 3.05) is 12.0 Å². The average Bonchev–Trinajstić information content (AvgIpc) is 2.99. The minimum atomic E-state index is -2.60. The Bertz CT molecular complexity index is 1320. The fourth-order valence-corrected chi connectivity index (χ4v) is 5.34. The average molecular weight is 534 g/mol. The van der Waals surface area contributed by atoms with Crippen LogP contribution in [0.25, 0.3) is 0 Å². The van der Waals surface area contributed by atoms with Crippen LogP contribution in [0.3, 0.4) is 0 Å². The maximum absolute atomic E-state index is 14.6. The van der Waals surface area contributed by atoms with Gasteiger partial charge in [-0.3, -0.25) is 9.59 Å². The first-order chi connectivity index (χ1) is 16.4. The van der Waals surface area contributed by atoms with E-state index in [1.54, 1.807) is 0 Å². The van der Waals surface area contributed by atoms with E-state index >= 15 is 0 Å². The summed E-state index contributed by atoms with van der Waals surface area (Å²) < 4.78 is 76.0. The Morgan fingerprint density at radius 2 is 1.63 bits per heavy atom. The van der Waals surface area contributed by atoms with Gasteiger partial charge in [-0.05, 0) is 24.1 Å². The second kappa shape index (κ2) is 8.23. The summed E-state index contributed by atoms with van der Waals surface area (Å²) in [5, 5.41) is 10.6. The van der Waals surface area contributed by atoms with E-state index in [0.29, 0.717) is 0 Å². The summed E-state index contributed by atoms with van der Waals surface area (Å²) in [4.78, 5) is 21.8. The number of rotatable bonds is 4. The largest absolute Gasteiger partial charge is 0.508 e. The van der Waals surface area contributed by atoms with Gasteiger partial charge in [-0.15, -0.1) is 23.2 Å². The van der Waals surface area contributed by atoms with Gasteiger partial charge in [0.2, 0.25) is 5.82 Å². The lowest BCUT2D eigenvalue weighted by molar-refractivity contribution is -0.122. The molecule has 1 N–H and O–H groups in total. The van der Waals surface area contributed by atoms with Crippen LogP contribution in [0.4, 0.5) is 27.6 Å². The van der Waals surface area contributed by atoms with Gasteiger partial charge in [0.15, 0.2) is 33.0 Å². The van der Waals surface area contributed by atoms with Crippen LogP contribution in [0.1, 0.15) is 17.9 Å². The fourth-order valence-electron chi connectivity index (χ4n) is 4.51. The number of benzene rings is 2. The molecule has 0 saturated carbocycles. The van der Waals surface area contributed by atoms with Crippen LogP contribution in [0.2, 0.25) is 0 Å². The molecule has 0 bridgehead atoms. The molecule has 35 heavy (non-hydrogen) atoms. The standard InChI is InChI=1S/C23H14Cl2F5NO4/c1-3-9-7-8-22(24)20(33)31(19-17(29)15(27)14(26)16(28)18(19)30)21(34)23(22,25)13(9)12-10(32)5-4-6-11(12)35-2/h3-7,13,32H,1,8H2,2H3/t13-,22-,23+/m1/s1. The number of aromatic hydroxyl groups is 1. The molecule has 1 heterocycles. The van der Waals surface area contributed by atoms with Crippen molar-refractivity contribution in [3.63, 3.8) is 0 Å². The topological polar surface area (TPSA) is 66.8 Å². The zero-order valence-electron chi connectivity index (χ0n) is 17.6. The molecule has 184 valence electrons. The molecule has 1 fully saturated rings. The van der Waals surface area contributed by atoms with Crippen LogP contribution in [-0.4, -0.2) is 33.8 Å². The predicted molar refractivity (Wildman–Crippen MR) is 116 cm³/mol. The minimum absolute atomic E-state index is 0.0126. The summed E-state index contributed by atoms with van der Waals surface area (Å²) in [5.41, 5.74) is -1.73. The second-order valence-corrected chi connectivity index (χ2v) is 9.06. The van der Waals surface area contributed by atoms with Crippen molar-refractivity contribution in [3.05, 3.63) is 77.2 Å². The van der Waals surface area contributed by atoms with Gasteiger partial charge >= 0.3 is 0 Å². The van der Waals surface area contributed by atoms with E-state index in [1.165, 1.54) is 37.5 Å². The van der Waals surface area contributed by atoms with Crippen molar-refractivity contribution >= 4 is 40.7 Å².